The Bertz CT molecular complexity index is 676. The number of piperidine rings is 1. The van der Waals surface area contributed by atoms with E-state index in [1.165, 1.54) is 4.31 Å². The van der Waals surface area contributed by atoms with Gasteiger partial charge in [-0.1, -0.05) is 18.5 Å². The summed E-state index contributed by atoms with van der Waals surface area (Å²) in [5.41, 5.74) is -1.13. The number of hydrogen-bond donors (Lipinski definition) is 1. The lowest BCUT2D eigenvalue weighted by atomic mass is 9.98. The molecule has 0 aliphatic carbocycles. The average molecular weight is 421 g/mol. The zero-order valence-electron chi connectivity index (χ0n) is 13.6. The first-order valence-corrected chi connectivity index (χ1v) is 9.55. The van der Waals surface area contributed by atoms with Gasteiger partial charge in [0.05, 0.1) is 15.5 Å². The molecule has 1 aliphatic rings. The van der Waals surface area contributed by atoms with Crippen LogP contribution in [0.3, 0.4) is 0 Å². The van der Waals surface area contributed by atoms with Gasteiger partial charge in [0.2, 0.25) is 10.0 Å². The van der Waals surface area contributed by atoms with Crippen molar-refractivity contribution in [1.82, 2.24) is 9.62 Å². The van der Waals surface area contributed by atoms with Gasteiger partial charge in [0.1, 0.15) is 0 Å². The van der Waals surface area contributed by atoms with Crippen LogP contribution in [0.2, 0.25) is 5.02 Å². The first-order valence-electron chi connectivity index (χ1n) is 7.74. The molecule has 0 radical (unpaired) electrons. The standard InChI is InChI=1S/C15H20ClF3N2O2S.ClH/c1-2-20-10-11-5-7-21(8-6-11)24(22,23)12-3-4-14(16)13(9-12)15(17,18)19;/h3-4,9,11,20H,2,5-8,10H2,1H3;1H. The van der Waals surface area contributed by atoms with Crippen LogP contribution in [0.5, 0.6) is 0 Å². The average Bonchev–Trinajstić information content (AvgIpc) is 2.52. The van der Waals surface area contributed by atoms with Gasteiger partial charge in [-0.25, -0.2) is 8.42 Å². The first-order chi connectivity index (χ1) is 11.2. The van der Waals surface area contributed by atoms with Crippen molar-refractivity contribution in [2.75, 3.05) is 26.2 Å². The molecule has 1 aromatic rings. The van der Waals surface area contributed by atoms with Crippen molar-refractivity contribution in [3.05, 3.63) is 28.8 Å². The fourth-order valence-corrected chi connectivity index (χ4v) is 4.45. The Morgan fingerprint density at radius 3 is 2.40 bits per heavy atom. The van der Waals surface area contributed by atoms with Crippen molar-refractivity contribution in [3.63, 3.8) is 0 Å². The van der Waals surface area contributed by atoms with Gasteiger partial charge in [-0.15, -0.1) is 12.4 Å². The van der Waals surface area contributed by atoms with E-state index in [1.807, 2.05) is 6.92 Å². The summed E-state index contributed by atoms with van der Waals surface area (Å²) in [6.07, 6.45) is -3.32. The maximum Gasteiger partial charge on any atom is 0.417 e. The summed E-state index contributed by atoms with van der Waals surface area (Å²) in [6.45, 7) is 4.29. The van der Waals surface area contributed by atoms with Crippen LogP contribution in [0.15, 0.2) is 23.1 Å². The third kappa shape index (κ3) is 5.47. The molecule has 0 unspecified atom stereocenters. The summed E-state index contributed by atoms with van der Waals surface area (Å²) in [7, 11) is -3.95. The van der Waals surface area contributed by atoms with Crippen molar-refractivity contribution in [2.45, 2.75) is 30.8 Å². The monoisotopic (exact) mass is 420 g/mol. The highest BCUT2D eigenvalue weighted by Crippen LogP contribution is 2.36. The zero-order chi connectivity index (χ0) is 18.0. The van der Waals surface area contributed by atoms with Gasteiger partial charge >= 0.3 is 6.18 Å². The normalized spacial score (nSPS) is 17.3. The fourth-order valence-electron chi connectivity index (χ4n) is 2.73. The zero-order valence-corrected chi connectivity index (χ0v) is 16.0. The largest absolute Gasteiger partial charge is 0.417 e. The Morgan fingerprint density at radius 2 is 1.88 bits per heavy atom. The van der Waals surface area contributed by atoms with Crippen molar-refractivity contribution in [3.8, 4) is 0 Å². The van der Waals surface area contributed by atoms with Crippen molar-refractivity contribution in [1.29, 1.82) is 0 Å². The molecule has 1 fully saturated rings. The second-order valence-corrected chi connectivity index (χ2v) is 8.14. The molecule has 1 heterocycles. The molecule has 1 N–H and O–H groups in total. The first kappa shape index (κ1) is 22.5. The number of rotatable bonds is 5. The Labute approximate surface area is 157 Å². The topological polar surface area (TPSA) is 49.4 Å². The molecule has 0 aromatic heterocycles. The highest BCUT2D eigenvalue weighted by Gasteiger charge is 2.36. The molecule has 144 valence electrons. The summed E-state index contributed by atoms with van der Waals surface area (Å²) in [6, 6.07) is 2.72. The van der Waals surface area contributed by atoms with Crippen molar-refractivity contribution >= 4 is 34.0 Å². The van der Waals surface area contributed by atoms with E-state index in [1.54, 1.807) is 0 Å². The van der Waals surface area contributed by atoms with Crippen LogP contribution in [0.4, 0.5) is 13.2 Å². The van der Waals surface area contributed by atoms with Crippen molar-refractivity contribution < 1.29 is 21.6 Å². The van der Waals surface area contributed by atoms with E-state index in [4.69, 9.17) is 11.6 Å². The van der Waals surface area contributed by atoms with Crippen LogP contribution in [0.25, 0.3) is 0 Å². The van der Waals surface area contributed by atoms with E-state index in [-0.39, 0.29) is 17.3 Å². The summed E-state index contributed by atoms with van der Waals surface area (Å²) in [5, 5.41) is 2.72. The van der Waals surface area contributed by atoms with Crippen LogP contribution in [0, 0.1) is 5.92 Å². The summed E-state index contributed by atoms with van der Waals surface area (Å²) >= 11 is 5.55. The van der Waals surface area contributed by atoms with E-state index in [2.05, 4.69) is 5.32 Å². The minimum absolute atomic E-state index is 0. The quantitative estimate of drug-likeness (QED) is 0.787. The number of nitrogens with one attached hydrogen (secondary N) is 1. The van der Waals surface area contributed by atoms with Crippen molar-refractivity contribution in [2.24, 2.45) is 5.92 Å². The number of sulfonamides is 1. The summed E-state index contributed by atoms with van der Waals surface area (Å²) in [4.78, 5) is -0.371. The predicted molar refractivity (Wildman–Crippen MR) is 93.7 cm³/mol. The Kier molecular flexibility index (Phi) is 8.01. The molecular formula is C15H21Cl2F3N2O2S. The molecule has 0 bridgehead atoms. The van der Waals surface area contributed by atoms with E-state index in [0.717, 1.165) is 25.2 Å². The molecule has 25 heavy (non-hydrogen) atoms. The molecule has 2 rings (SSSR count). The van der Waals surface area contributed by atoms with E-state index in [9.17, 15) is 21.6 Å². The lowest BCUT2D eigenvalue weighted by Crippen LogP contribution is -2.40. The van der Waals surface area contributed by atoms with Crippen LogP contribution >= 0.6 is 24.0 Å². The lowest BCUT2D eigenvalue weighted by molar-refractivity contribution is -0.137. The number of alkyl halides is 3. The summed E-state index contributed by atoms with van der Waals surface area (Å²) < 4.78 is 65.2. The second kappa shape index (κ2) is 8.90. The minimum atomic E-state index is -4.69. The Balaban J connectivity index is 0.00000312. The van der Waals surface area contributed by atoms with Gasteiger partial charge in [0.15, 0.2) is 0 Å². The maximum absolute atomic E-state index is 12.9. The van der Waals surface area contributed by atoms with Gasteiger partial charge in [0.25, 0.3) is 0 Å². The molecule has 10 heteroatoms. The second-order valence-electron chi connectivity index (χ2n) is 5.79. The molecule has 1 aromatic carbocycles. The Morgan fingerprint density at radius 1 is 1.28 bits per heavy atom. The third-order valence-corrected chi connectivity index (χ3v) is 6.36. The highest BCUT2D eigenvalue weighted by atomic mass is 35.5. The maximum atomic E-state index is 12.9. The Hall–Kier alpha value is -0.540. The van der Waals surface area contributed by atoms with E-state index < -0.39 is 26.8 Å². The third-order valence-electron chi connectivity index (χ3n) is 4.14. The highest BCUT2D eigenvalue weighted by molar-refractivity contribution is 7.89. The number of hydrogen-bond acceptors (Lipinski definition) is 3. The van der Waals surface area contributed by atoms with Gasteiger partial charge in [-0.05, 0) is 50.0 Å². The number of nitrogens with zero attached hydrogens (tertiary/aromatic N) is 1. The van der Waals surface area contributed by atoms with Gasteiger partial charge in [-0.3, -0.25) is 0 Å². The van der Waals surface area contributed by atoms with Crippen LogP contribution in [-0.4, -0.2) is 38.9 Å². The molecule has 0 atom stereocenters. The molecule has 0 amide bonds. The number of halogens is 5. The SMILES string of the molecule is CCNCC1CCN(S(=O)(=O)c2ccc(Cl)c(C(F)(F)F)c2)CC1.Cl. The van der Waals surface area contributed by atoms with E-state index >= 15 is 0 Å². The molecular weight excluding hydrogens is 400 g/mol. The van der Waals surface area contributed by atoms with Gasteiger partial charge in [-0.2, -0.15) is 17.5 Å². The predicted octanol–water partition coefficient (Wildman–Crippen LogP) is 3.79. The lowest BCUT2D eigenvalue weighted by Gasteiger charge is -2.31. The van der Waals surface area contributed by atoms with Crippen LogP contribution < -0.4 is 5.32 Å². The van der Waals surface area contributed by atoms with Crippen LogP contribution in [0.1, 0.15) is 25.3 Å². The molecule has 1 aliphatic heterocycles. The van der Waals surface area contributed by atoms with E-state index in [0.29, 0.717) is 37.9 Å². The molecule has 0 saturated carbocycles. The molecule has 4 nitrogen and oxygen atoms in total. The number of benzene rings is 1. The van der Waals surface area contributed by atoms with Gasteiger partial charge < -0.3 is 5.32 Å². The van der Waals surface area contributed by atoms with Crippen LogP contribution in [-0.2, 0) is 16.2 Å². The molecule has 1 saturated heterocycles. The van der Waals surface area contributed by atoms with Gasteiger partial charge in [0, 0.05) is 13.1 Å². The minimum Gasteiger partial charge on any atom is -0.317 e. The summed E-state index contributed by atoms with van der Waals surface area (Å²) in [5.74, 6) is 0.382. The fraction of sp³-hybridized carbons (Fsp3) is 0.600. The smallest absolute Gasteiger partial charge is 0.317 e. The molecule has 0 spiro atoms.